The molecule has 0 saturated carbocycles. The van der Waals surface area contributed by atoms with Crippen molar-refractivity contribution < 1.29 is 13.9 Å². The molecule has 4 nitrogen and oxygen atoms in total. The molecule has 0 aliphatic heterocycles. The first kappa shape index (κ1) is 17.9. The molecule has 0 heterocycles. The van der Waals surface area contributed by atoms with Gasteiger partial charge in [0.2, 0.25) is 5.91 Å². The molecule has 0 aliphatic carbocycles. The fourth-order valence-corrected chi connectivity index (χ4v) is 2.46. The molecule has 1 amide bonds. The van der Waals surface area contributed by atoms with Crippen molar-refractivity contribution in [1.82, 2.24) is 5.32 Å². The fourth-order valence-electron chi connectivity index (χ4n) is 2.46. The standard InChI is InChI=1S/C19H23FN2O2/c1-13(16-6-9-19(24-3)18(20)12-16)21-11-10-15-4-7-17(8-5-15)22-14(2)23/h4-9,12-13,21H,10-11H2,1-3H3,(H,22,23)/t13-/m0/s1. The second-order valence-corrected chi connectivity index (χ2v) is 5.70. The van der Waals surface area contributed by atoms with E-state index in [9.17, 15) is 9.18 Å². The lowest BCUT2D eigenvalue weighted by atomic mass is 10.1. The fraction of sp³-hybridized carbons (Fsp3) is 0.316. The van der Waals surface area contributed by atoms with Gasteiger partial charge in [-0.25, -0.2) is 4.39 Å². The molecule has 2 aromatic carbocycles. The highest BCUT2D eigenvalue weighted by Gasteiger charge is 2.09. The van der Waals surface area contributed by atoms with Gasteiger partial charge in [-0.15, -0.1) is 0 Å². The second-order valence-electron chi connectivity index (χ2n) is 5.70. The van der Waals surface area contributed by atoms with Crippen molar-refractivity contribution in [2.24, 2.45) is 0 Å². The van der Waals surface area contributed by atoms with Crippen LogP contribution in [0.25, 0.3) is 0 Å². The van der Waals surface area contributed by atoms with E-state index in [2.05, 4.69) is 10.6 Å². The van der Waals surface area contributed by atoms with E-state index in [1.807, 2.05) is 37.3 Å². The molecule has 0 bridgehead atoms. The number of carbonyl (C=O) groups is 1. The molecule has 5 heteroatoms. The van der Waals surface area contributed by atoms with Gasteiger partial charge in [-0.3, -0.25) is 4.79 Å². The minimum absolute atomic E-state index is 0.0454. The molecular formula is C19H23FN2O2. The van der Waals surface area contributed by atoms with E-state index in [1.54, 1.807) is 6.07 Å². The van der Waals surface area contributed by atoms with Gasteiger partial charge in [-0.1, -0.05) is 18.2 Å². The van der Waals surface area contributed by atoms with Crippen molar-refractivity contribution in [1.29, 1.82) is 0 Å². The molecule has 0 fully saturated rings. The largest absolute Gasteiger partial charge is 0.494 e. The number of nitrogens with one attached hydrogen (secondary N) is 2. The van der Waals surface area contributed by atoms with E-state index >= 15 is 0 Å². The van der Waals surface area contributed by atoms with Crippen molar-refractivity contribution in [2.45, 2.75) is 26.3 Å². The summed E-state index contributed by atoms with van der Waals surface area (Å²) in [4.78, 5) is 11.0. The minimum Gasteiger partial charge on any atom is -0.494 e. The van der Waals surface area contributed by atoms with Gasteiger partial charge in [0.1, 0.15) is 0 Å². The maximum atomic E-state index is 13.7. The quantitative estimate of drug-likeness (QED) is 0.814. The molecule has 0 radical (unpaired) electrons. The summed E-state index contributed by atoms with van der Waals surface area (Å²) >= 11 is 0. The molecule has 2 aromatic rings. The Morgan fingerprint density at radius 1 is 1.21 bits per heavy atom. The molecule has 2 N–H and O–H groups in total. The molecule has 1 atom stereocenters. The first-order chi connectivity index (χ1) is 11.5. The molecule has 0 spiro atoms. The van der Waals surface area contributed by atoms with Crippen LogP contribution in [0.2, 0.25) is 0 Å². The highest BCUT2D eigenvalue weighted by atomic mass is 19.1. The Bertz CT molecular complexity index is 686. The average Bonchev–Trinajstić information content (AvgIpc) is 2.55. The Labute approximate surface area is 142 Å². The number of amides is 1. The zero-order valence-corrected chi connectivity index (χ0v) is 14.2. The summed E-state index contributed by atoms with van der Waals surface area (Å²) in [6.45, 7) is 4.26. The summed E-state index contributed by atoms with van der Waals surface area (Å²) < 4.78 is 18.7. The lowest BCUT2D eigenvalue weighted by Crippen LogP contribution is -2.21. The highest BCUT2D eigenvalue weighted by Crippen LogP contribution is 2.21. The number of halogens is 1. The number of ether oxygens (including phenoxy) is 1. The van der Waals surface area contributed by atoms with E-state index in [1.165, 1.54) is 25.7 Å². The van der Waals surface area contributed by atoms with Crippen molar-refractivity contribution >= 4 is 11.6 Å². The van der Waals surface area contributed by atoms with Crippen molar-refractivity contribution in [2.75, 3.05) is 19.0 Å². The Morgan fingerprint density at radius 2 is 1.92 bits per heavy atom. The van der Waals surface area contributed by atoms with Crippen LogP contribution in [0.15, 0.2) is 42.5 Å². The first-order valence-corrected chi connectivity index (χ1v) is 7.93. The third-order valence-electron chi connectivity index (χ3n) is 3.81. The second kappa shape index (κ2) is 8.45. The molecule has 128 valence electrons. The van der Waals surface area contributed by atoms with Crippen LogP contribution < -0.4 is 15.4 Å². The smallest absolute Gasteiger partial charge is 0.221 e. The van der Waals surface area contributed by atoms with Crippen molar-refractivity contribution in [3.05, 3.63) is 59.4 Å². The average molecular weight is 330 g/mol. The van der Waals surface area contributed by atoms with Crippen LogP contribution >= 0.6 is 0 Å². The maximum Gasteiger partial charge on any atom is 0.221 e. The van der Waals surface area contributed by atoms with Gasteiger partial charge in [0.25, 0.3) is 0 Å². The lowest BCUT2D eigenvalue weighted by molar-refractivity contribution is -0.114. The Balaban J connectivity index is 1.85. The third-order valence-corrected chi connectivity index (χ3v) is 3.81. The van der Waals surface area contributed by atoms with Crippen LogP contribution in [0.4, 0.5) is 10.1 Å². The summed E-state index contributed by atoms with van der Waals surface area (Å²) in [5, 5.41) is 6.12. The Hall–Kier alpha value is -2.40. The van der Waals surface area contributed by atoms with E-state index in [4.69, 9.17) is 4.74 Å². The minimum atomic E-state index is -0.350. The van der Waals surface area contributed by atoms with E-state index in [0.717, 1.165) is 24.2 Å². The normalized spacial score (nSPS) is 11.8. The third kappa shape index (κ3) is 5.06. The molecule has 24 heavy (non-hydrogen) atoms. The van der Waals surface area contributed by atoms with Crippen LogP contribution in [0.3, 0.4) is 0 Å². The lowest BCUT2D eigenvalue weighted by Gasteiger charge is -2.15. The van der Waals surface area contributed by atoms with Gasteiger partial charge in [-0.05, 0) is 55.3 Å². The van der Waals surface area contributed by atoms with Crippen molar-refractivity contribution in [3.8, 4) is 5.75 Å². The summed E-state index contributed by atoms with van der Waals surface area (Å²) in [6.07, 6.45) is 0.851. The van der Waals surface area contributed by atoms with E-state index in [0.29, 0.717) is 0 Å². The number of methoxy groups -OCH3 is 1. The topological polar surface area (TPSA) is 50.4 Å². The van der Waals surface area contributed by atoms with Crippen LogP contribution in [0.5, 0.6) is 5.75 Å². The first-order valence-electron chi connectivity index (χ1n) is 7.93. The molecule has 0 unspecified atom stereocenters. The molecule has 0 aromatic heterocycles. The van der Waals surface area contributed by atoms with E-state index < -0.39 is 0 Å². The maximum absolute atomic E-state index is 13.7. The number of hydrogen-bond acceptors (Lipinski definition) is 3. The van der Waals surface area contributed by atoms with Gasteiger partial charge < -0.3 is 15.4 Å². The summed E-state index contributed by atoms with van der Waals surface area (Å²) in [5.74, 6) is -0.174. The van der Waals surface area contributed by atoms with Crippen LogP contribution in [0, 0.1) is 5.82 Å². The number of rotatable bonds is 7. The molecule has 2 rings (SSSR count). The number of hydrogen-bond donors (Lipinski definition) is 2. The van der Waals surface area contributed by atoms with Gasteiger partial charge in [-0.2, -0.15) is 0 Å². The zero-order valence-electron chi connectivity index (χ0n) is 14.2. The summed E-state index contributed by atoms with van der Waals surface area (Å²) in [6, 6.07) is 12.8. The van der Waals surface area contributed by atoms with Crippen LogP contribution in [-0.2, 0) is 11.2 Å². The zero-order chi connectivity index (χ0) is 17.5. The van der Waals surface area contributed by atoms with Gasteiger partial charge in [0, 0.05) is 18.7 Å². The van der Waals surface area contributed by atoms with Gasteiger partial charge >= 0.3 is 0 Å². The SMILES string of the molecule is COc1ccc([C@H](C)NCCc2ccc(NC(C)=O)cc2)cc1F. The van der Waals surface area contributed by atoms with Crippen LogP contribution in [0.1, 0.15) is 31.0 Å². The molecule has 0 aliphatic rings. The number of carbonyl (C=O) groups excluding carboxylic acids is 1. The monoisotopic (exact) mass is 330 g/mol. The highest BCUT2D eigenvalue weighted by molar-refractivity contribution is 5.88. The Kier molecular flexibility index (Phi) is 6.32. The van der Waals surface area contributed by atoms with Gasteiger partial charge in [0.15, 0.2) is 11.6 Å². The predicted molar refractivity (Wildman–Crippen MR) is 93.8 cm³/mol. The summed E-state index contributed by atoms with van der Waals surface area (Å²) in [5.41, 5.74) is 2.85. The number of benzene rings is 2. The van der Waals surface area contributed by atoms with Gasteiger partial charge in [0.05, 0.1) is 7.11 Å². The summed E-state index contributed by atoms with van der Waals surface area (Å²) in [7, 11) is 1.46. The number of anilines is 1. The van der Waals surface area contributed by atoms with Crippen LogP contribution in [-0.4, -0.2) is 19.6 Å². The molecular weight excluding hydrogens is 307 g/mol. The van der Waals surface area contributed by atoms with Crippen molar-refractivity contribution in [3.63, 3.8) is 0 Å². The molecule has 0 saturated heterocycles. The Morgan fingerprint density at radius 3 is 2.50 bits per heavy atom. The predicted octanol–water partition coefficient (Wildman–Crippen LogP) is 3.69. The van der Waals surface area contributed by atoms with E-state index in [-0.39, 0.29) is 23.5 Å².